The molecule has 0 radical (unpaired) electrons. The van der Waals surface area contributed by atoms with Crippen LogP contribution in [-0.4, -0.2) is 59.8 Å². The number of rotatable bonds is 5. The van der Waals surface area contributed by atoms with E-state index >= 15 is 0 Å². The molecule has 0 aliphatic carbocycles. The highest BCUT2D eigenvalue weighted by molar-refractivity contribution is 5.94. The highest BCUT2D eigenvalue weighted by Gasteiger charge is 2.33. The van der Waals surface area contributed by atoms with Gasteiger partial charge in [0.1, 0.15) is 17.5 Å². The number of anilines is 2. The number of ether oxygens (including phenoxy) is 2. The lowest BCUT2D eigenvalue weighted by Gasteiger charge is -2.39. The van der Waals surface area contributed by atoms with E-state index < -0.39 is 5.60 Å². The standard InChI is InChI=1S/C25H32N4O4/c1-25(2,3)33-24(31)28-13-10-22(11-14-28)32-21-8-6-19(7-9-21)27-23(30)18-16-29(17-18)20-5-4-12-26-15-20/h4-9,12,15,18,22H,10-11,13-14,16-17H2,1-3H3,(H,27,30). The van der Waals surface area contributed by atoms with Gasteiger partial charge in [0, 0.05) is 50.9 Å². The summed E-state index contributed by atoms with van der Waals surface area (Å²) in [6.45, 7) is 8.24. The molecule has 176 valence electrons. The summed E-state index contributed by atoms with van der Waals surface area (Å²) in [6, 6.07) is 11.4. The Labute approximate surface area is 194 Å². The number of nitrogens with one attached hydrogen (secondary N) is 1. The van der Waals surface area contributed by atoms with Crippen LogP contribution in [0.3, 0.4) is 0 Å². The Kier molecular flexibility index (Phi) is 6.72. The normalized spacial score (nSPS) is 17.3. The lowest BCUT2D eigenvalue weighted by atomic mass is 9.98. The molecular formula is C25H32N4O4. The van der Waals surface area contributed by atoms with Crippen molar-refractivity contribution in [2.24, 2.45) is 5.92 Å². The summed E-state index contributed by atoms with van der Waals surface area (Å²) in [7, 11) is 0. The second kappa shape index (κ2) is 9.68. The van der Waals surface area contributed by atoms with E-state index in [0.717, 1.165) is 30.0 Å². The summed E-state index contributed by atoms with van der Waals surface area (Å²) >= 11 is 0. The SMILES string of the molecule is CC(C)(C)OC(=O)N1CCC(Oc2ccc(NC(=O)C3CN(c4cccnc4)C3)cc2)CC1. The fourth-order valence-corrected chi connectivity index (χ4v) is 3.93. The summed E-state index contributed by atoms with van der Waals surface area (Å²) in [4.78, 5) is 32.7. The average molecular weight is 453 g/mol. The van der Waals surface area contributed by atoms with Crippen LogP contribution in [0.15, 0.2) is 48.8 Å². The fourth-order valence-electron chi connectivity index (χ4n) is 3.93. The van der Waals surface area contributed by atoms with Crippen LogP contribution in [0.2, 0.25) is 0 Å². The predicted molar refractivity (Wildman–Crippen MR) is 126 cm³/mol. The van der Waals surface area contributed by atoms with E-state index in [1.54, 1.807) is 11.1 Å². The quantitative estimate of drug-likeness (QED) is 0.740. The topological polar surface area (TPSA) is 84.0 Å². The third-order valence-electron chi connectivity index (χ3n) is 5.78. The van der Waals surface area contributed by atoms with Gasteiger partial charge in [-0.05, 0) is 57.2 Å². The fraction of sp³-hybridized carbons (Fsp3) is 0.480. The monoisotopic (exact) mass is 452 g/mol. The molecule has 1 aromatic carbocycles. The number of hydrogen-bond donors (Lipinski definition) is 1. The van der Waals surface area contributed by atoms with Gasteiger partial charge in [-0.2, -0.15) is 0 Å². The lowest BCUT2D eigenvalue weighted by molar-refractivity contribution is -0.120. The number of nitrogens with zero attached hydrogens (tertiary/aromatic N) is 3. The molecule has 2 amide bonds. The number of benzene rings is 1. The van der Waals surface area contributed by atoms with Crippen LogP contribution >= 0.6 is 0 Å². The zero-order chi connectivity index (χ0) is 23.4. The third-order valence-corrected chi connectivity index (χ3v) is 5.78. The molecule has 4 rings (SSSR count). The molecule has 0 spiro atoms. The first kappa shape index (κ1) is 22.9. The number of carbonyl (C=O) groups is 2. The molecule has 33 heavy (non-hydrogen) atoms. The van der Waals surface area contributed by atoms with Crippen molar-refractivity contribution in [3.63, 3.8) is 0 Å². The minimum absolute atomic E-state index is 0.0262. The minimum Gasteiger partial charge on any atom is -0.490 e. The minimum atomic E-state index is -0.487. The van der Waals surface area contributed by atoms with E-state index in [1.807, 2.05) is 63.4 Å². The highest BCUT2D eigenvalue weighted by Crippen LogP contribution is 2.26. The second-order valence-corrected chi connectivity index (χ2v) is 9.61. The first-order valence-corrected chi connectivity index (χ1v) is 11.5. The molecule has 8 heteroatoms. The largest absolute Gasteiger partial charge is 0.490 e. The highest BCUT2D eigenvalue weighted by atomic mass is 16.6. The summed E-state index contributed by atoms with van der Waals surface area (Å²) < 4.78 is 11.5. The van der Waals surface area contributed by atoms with Gasteiger partial charge >= 0.3 is 6.09 Å². The first-order chi connectivity index (χ1) is 15.8. The molecule has 2 aliphatic heterocycles. The molecule has 2 aromatic rings. The van der Waals surface area contributed by atoms with Crippen LogP contribution in [0.5, 0.6) is 5.75 Å². The van der Waals surface area contributed by atoms with Crippen molar-refractivity contribution >= 4 is 23.4 Å². The van der Waals surface area contributed by atoms with Crippen molar-refractivity contribution in [2.75, 3.05) is 36.4 Å². The number of amides is 2. The van der Waals surface area contributed by atoms with Crippen LogP contribution in [-0.2, 0) is 9.53 Å². The van der Waals surface area contributed by atoms with E-state index in [-0.39, 0.29) is 24.0 Å². The summed E-state index contributed by atoms with van der Waals surface area (Å²) in [5.74, 6) is 0.754. The van der Waals surface area contributed by atoms with Gasteiger partial charge in [-0.15, -0.1) is 0 Å². The maximum atomic E-state index is 12.5. The number of carbonyl (C=O) groups excluding carboxylic acids is 2. The Bertz CT molecular complexity index is 945. The van der Waals surface area contributed by atoms with Crippen molar-refractivity contribution < 1.29 is 19.1 Å². The van der Waals surface area contributed by atoms with Crippen LogP contribution in [0.1, 0.15) is 33.6 Å². The molecule has 0 saturated carbocycles. The van der Waals surface area contributed by atoms with Gasteiger partial charge in [-0.3, -0.25) is 9.78 Å². The van der Waals surface area contributed by atoms with Gasteiger partial charge in [0.25, 0.3) is 0 Å². The summed E-state index contributed by atoms with van der Waals surface area (Å²) in [6.07, 6.45) is 4.86. The number of likely N-dealkylation sites (tertiary alicyclic amines) is 1. The molecule has 1 N–H and O–H groups in total. The predicted octanol–water partition coefficient (Wildman–Crippen LogP) is 3.93. The van der Waals surface area contributed by atoms with Crippen molar-refractivity contribution in [3.05, 3.63) is 48.8 Å². The van der Waals surface area contributed by atoms with Gasteiger partial charge in [0.15, 0.2) is 0 Å². The molecule has 0 unspecified atom stereocenters. The maximum absolute atomic E-state index is 12.5. The number of pyridine rings is 1. The Morgan fingerprint density at radius 3 is 2.36 bits per heavy atom. The van der Waals surface area contributed by atoms with E-state index in [9.17, 15) is 9.59 Å². The van der Waals surface area contributed by atoms with E-state index in [0.29, 0.717) is 26.2 Å². The molecule has 0 bridgehead atoms. The smallest absolute Gasteiger partial charge is 0.410 e. The number of piperidine rings is 1. The zero-order valence-electron chi connectivity index (χ0n) is 19.5. The molecule has 2 fully saturated rings. The van der Waals surface area contributed by atoms with E-state index in [2.05, 4.69) is 15.2 Å². The Morgan fingerprint density at radius 1 is 1.06 bits per heavy atom. The first-order valence-electron chi connectivity index (χ1n) is 11.5. The van der Waals surface area contributed by atoms with Crippen molar-refractivity contribution in [2.45, 2.75) is 45.3 Å². The lowest BCUT2D eigenvalue weighted by Crippen LogP contribution is -2.52. The molecule has 0 atom stereocenters. The Balaban J connectivity index is 1.19. The molecule has 8 nitrogen and oxygen atoms in total. The van der Waals surface area contributed by atoms with E-state index in [4.69, 9.17) is 9.47 Å². The van der Waals surface area contributed by atoms with E-state index in [1.165, 1.54) is 0 Å². The van der Waals surface area contributed by atoms with Crippen LogP contribution < -0.4 is 15.0 Å². The van der Waals surface area contributed by atoms with Gasteiger partial charge in [0.2, 0.25) is 5.91 Å². The molecular weight excluding hydrogens is 420 g/mol. The number of hydrogen-bond acceptors (Lipinski definition) is 6. The van der Waals surface area contributed by atoms with Gasteiger partial charge in [-0.1, -0.05) is 0 Å². The second-order valence-electron chi connectivity index (χ2n) is 9.61. The van der Waals surface area contributed by atoms with Crippen LogP contribution in [0.25, 0.3) is 0 Å². The van der Waals surface area contributed by atoms with Crippen LogP contribution in [0, 0.1) is 5.92 Å². The van der Waals surface area contributed by atoms with Crippen molar-refractivity contribution in [3.8, 4) is 5.75 Å². The maximum Gasteiger partial charge on any atom is 0.410 e. The van der Waals surface area contributed by atoms with Crippen LogP contribution in [0.4, 0.5) is 16.2 Å². The van der Waals surface area contributed by atoms with Gasteiger partial charge in [0.05, 0.1) is 17.8 Å². The van der Waals surface area contributed by atoms with Crippen molar-refractivity contribution in [1.82, 2.24) is 9.88 Å². The van der Waals surface area contributed by atoms with Crippen molar-refractivity contribution in [1.29, 1.82) is 0 Å². The molecule has 1 aromatic heterocycles. The zero-order valence-corrected chi connectivity index (χ0v) is 19.5. The summed E-state index contributed by atoms with van der Waals surface area (Å²) in [5.41, 5.74) is 1.31. The third kappa shape index (κ3) is 6.15. The molecule has 2 saturated heterocycles. The average Bonchev–Trinajstić information content (AvgIpc) is 2.74. The Hall–Kier alpha value is -3.29. The molecule has 3 heterocycles. The van der Waals surface area contributed by atoms with Gasteiger partial charge in [-0.25, -0.2) is 4.79 Å². The molecule has 2 aliphatic rings. The van der Waals surface area contributed by atoms with Gasteiger partial charge < -0.3 is 24.6 Å². The summed E-state index contributed by atoms with van der Waals surface area (Å²) in [5, 5.41) is 2.99. The Morgan fingerprint density at radius 2 is 1.76 bits per heavy atom. The number of aromatic nitrogens is 1.